The van der Waals surface area contributed by atoms with Gasteiger partial charge in [-0.1, -0.05) is 31.8 Å². The predicted molar refractivity (Wildman–Crippen MR) is 71.0 cm³/mol. The number of ether oxygens (including phenoxy) is 1. The van der Waals surface area contributed by atoms with Gasteiger partial charge in [0.1, 0.15) is 0 Å². The first kappa shape index (κ1) is 13.5. The number of aromatic nitrogens is 2. The predicted octanol–water partition coefficient (Wildman–Crippen LogP) is 2.04. The topological polar surface area (TPSA) is 71.8 Å². The zero-order chi connectivity index (χ0) is 14.1. The van der Waals surface area contributed by atoms with Crippen LogP contribution in [0.25, 0.3) is 0 Å². The van der Waals surface area contributed by atoms with Crippen LogP contribution in [0, 0.1) is 0 Å². The highest BCUT2D eigenvalue weighted by molar-refractivity contribution is 5.83. The fraction of sp³-hybridized carbons (Fsp3) is 0.786. The summed E-state index contributed by atoms with van der Waals surface area (Å²) >= 11 is 0. The van der Waals surface area contributed by atoms with Crippen molar-refractivity contribution in [2.24, 2.45) is 0 Å². The number of amides is 1. The second-order valence-corrected chi connectivity index (χ2v) is 5.86. The van der Waals surface area contributed by atoms with Crippen LogP contribution in [0.5, 0.6) is 0 Å². The van der Waals surface area contributed by atoms with Gasteiger partial charge in [-0.05, 0) is 12.8 Å². The van der Waals surface area contributed by atoms with Gasteiger partial charge in [0, 0.05) is 12.5 Å². The molecule has 0 radical (unpaired) electrons. The summed E-state index contributed by atoms with van der Waals surface area (Å²) in [4.78, 5) is 18.7. The number of epoxide rings is 1. The van der Waals surface area contributed by atoms with E-state index in [1.54, 1.807) is 0 Å². The molecule has 2 fully saturated rings. The zero-order valence-corrected chi connectivity index (χ0v) is 12.0. The summed E-state index contributed by atoms with van der Waals surface area (Å²) in [5, 5.41) is 4.09. The number of carbonyl (C=O) groups excluding carboxylic acids is 1. The van der Waals surface area contributed by atoms with Crippen LogP contribution >= 0.6 is 0 Å². The molecule has 1 amide bonds. The quantitative estimate of drug-likeness (QED) is 0.792. The van der Waals surface area contributed by atoms with E-state index < -0.39 is 0 Å². The molecule has 2 saturated heterocycles. The van der Waals surface area contributed by atoms with E-state index in [4.69, 9.17) is 9.26 Å². The second-order valence-electron chi connectivity index (χ2n) is 5.86. The van der Waals surface area contributed by atoms with Crippen LogP contribution in [0.1, 0.15) is 63.2 Å². The molecule has 20 heavy (non-hydrogen) atoms. The number of hydrogen-bond acceptors (Lipinski definition) is 5. The van der Waals surface area contributed by atoms with Gasteiger partial charge in [-0.2, -0.15) is 4.98 Å². The Bertz CT molecular complexity index is 482. The molecule has 0 saturated carbocycles. The van der Waals surface area contributed by atoms with Crippen molar-refractivity contribution in [3.05, 3.63) is 11.7 Å². The van der Waals surface area contributed by atoms with Crippen molar-refractivity contribution in [1.29, 1.82) is 0 Å². The van der Waals surface area contributed by atoms with Crippen molar-refractivity contribution >= 4 is 5.91 Å². The number of rotatable bonds is 3. The number of nitrogens with zero attached hydrogens (tertiary/aromatic N) is 3. The third-order valence-corrected chi connectivity index (χ3v) is 3.89. The second kappa shape index (κ2) is 5.52. The van der Waals surface area contributed by atoms with Crippen LogP contribution in [0.4, 0.5) is 0 Å². The summed E-state index contributed by atoms with van der Waals surface area (Å²) in [5.74, 6) is 1.56. The standard InChI is InChI=1S/C14H21N3O3/c1-9(2)13-15-12(16-20-13)10-6-4-3-5-7-17(10)14(18)11-8-19-11/h9-11H,3-8H2,1-2H3. The molecule has 2 unspecified atom stereocenters. The van der Waals surface area contributed by atoms with Gasteiger partial charge in [0.2, 0.25) is 5.89 Å². The molecule has 2 aliphatic rings. The molecule has 2 aliphatic heterocycles. The van der Waals surface area contributed by atoms with Gasteiger partial charge < -0.3 is 14.2 Å². The van der Waals surface area contributed by atoms with Gasteiger partial charge in [-0.25, -0.2) is 0 Å². The van der Waals surface area contributed by atoms with E-state index in [9.17, 15) is 4.79 Å². The van der Waals surface area contributed by atoms with Crippen molar-refractivity contribution in [3.63, 3.8) is 0 Å². The van der Waals surface area contributed by atoms with Gasteiger partial charge in [-0.3, -0.25) is 4.79 Å². The molecule has 1 aromatic heterocycles. The Morgan fingerprint density at radius 2 is 2.15 bits per heavy atom. The smallest absolute Gasteiger partial charge is 0.254 e. The molecule has 6 nitrogen and oxygen atoms in total. The lowest BCUT2D eigenvalue weighted by Gasteiger charge is -2.27. The van der Waals surface area contributed by atoms with Gasteiger partial charge in [0.05, 0.1) is 12.6 Å². The Hall–Kier alpha value is -1.43. The highest BCUT2D eigenvalue weighted by Crippen LogP contribution is 2.31. The summed E-state index contributed by atoms with van der Waals surface area (Å²) in [6, 6.07) is -0.0644. The van der Waals surface area contributed by atoms with Crippen LogP contribution in [0.3, 0.4) is 0 Å². The van der Waals surface area contributed by atoms with Crippen LogP contribution in [-0.2, 0) is 9.53 Å². The van der Waals surface area contributed by atoms with Crippen molar-refractivity contribution in [2.75, 3.05) is 13.2 Å². The van der Waals surface area contributed by atoms with Gasteiger partial charge in [0.25, 0.3) is 5.91 Å². The molecule has 2 atom stereocenters. The zero-order valence-electron chi connectivity index (χ0n) is 12.0. The van der Waals surface area contributed by atoms with Crippen molar-refractivity contribution in [1.82, 2.24) is 15.0 Å². The molecule has 0 N–H and O–H groups in total. The van der Waals surface area contributed by atoms with E-state index in [0.29, 0.717) is 18.3 Å². The molecule has 0 bridgehead atoms. The average Bonchev–Trinajstić information content (AvgIpc) is 3.20. The van der Waals surface area contributed by atoms with Crippen molar-refractivity contribution in [2.45, 2.75) is 57.6 Å². The summed E-state index contributed by atoms with van der Waals surface area (Å²) in [6.07, 6.45) is 3.91. The fourth-order valence-corrected chi connectivity index (χ4v) is 2.63. The number of hydrogen-bond donors (Lipinski definition) is 0. The summed E-state index contributed by atoms with van der Waals surface area (Å²) in [6.45, 7) is 5.34. The summed E-state index contributed by atoms with van der Waals surface area (Å²) < 4.78 is 10.4. The maximum Gasteiger partial charge on any atom is 0.254 e. The molecule has 1 aromatic rings. The lowest BCUT2D eigenvalue weighted by Crippen LogP contribution is -2.38. The molecule has 3 heterocycles. The first-order valence-electron chi connectivity index (χ1n) is 7.42. The van der Waals surface area contributed by atoms with Gasteiger partial charge in [-0.15, -0.1) is 0 Å². The molecule has 110 valence electrons. The van der Waals surface area contributed by atoms with Crippen molar-refractivity contribution in [3.8, 4) is 0 Å². The Kier molecular flexibility index (Phi) is 3.74. The molecular weight excluding hydrogens is 258 g/mol. The number of likely N-dealkylation sites (tertiary alicyclic amines) is 1. The van der Waals surface area contributed by atoms with Crippen LogP contribution < -0.4 is 0 Å². The molecule has 6 heteroatoms. The number of carbonyl (C=O) groups is 1. The Morgan fingerprint density at radius 1 is 1.35 bits per heavy atom. The van der Waals surface area contributed by atoms with E-state index in [1.165, 1.54) is 0 Å². The third kappa shape index (κ3) is 2.70. The van der Waals surface area contributed by atoms with Gasteiger partial charge >= 0.3 is 0 Å². The molecule has 0 aliphatic carbocycles. The highest BCUT2D eigenvalue weighted by Gasteiger charge is 2.39. The van der Waals surface area contributed by atoms with Crippen LogP contribution in [0.15, 0.2) is 4.52 Å². The summed E-state index contributed by atoms with van der Waals surface area (Å²) in [7, 11) is 0. The van der Waals surface area contributed by atoms with Gasteiger partial charge in [0.15, 0.2) is 11.9 Å². The minimum atomic E-state index is -0.243. The van der Waals surface area contributed by atoms with Crippen molar-refractivity contribution < 1.29 is 14.1 Å². The Balaban J connectivity index is 1.83. The maximum atomic E-state index is 12.4. The molecule has 3 rings (SSSR count). The minimum Gasteiger partial charge on any atom is -0.363 e. The molecular formula is C14H21N3O3. The first-order chi connectivity index (χ1) is 9.66. The molecule has 0 spiro atoms. The Morgan fingerprint density at radius 3 is 2.80 bits per heavy atom. The van der Waals surface area contributed by atoms with E-state index in [-0.39, 0.29) is 24.0 Å². The van der Waals surface area contributed by atoms with E-state index in [1.807, 2.05) is 18.7 Å². The van der Waals surface area contributed by atoms with Crippen LogP contribution in [-0.4, -0.2) is 40.2 Å². The fourth-order valence-electron chi connectivity index (χ4n) is 2.63. The lowest BCUT2D eigenvalue weighted by atomic mass is 10.1. The van der Waals surface area contributed by atoms with E-state index in [2.05, 4.69) is 10.1 Å². The SMILES string of the molecule is CC(C)c1nc(C2CCCCCN2C(=O)C2CO2)no1. The van der Waals surface area contributed by atoms with E-state index in [0.717, 1.165) is 32.2 Å². The monoisotopic (exact) mass is 279 g/mol. The lowest BCUT2D eigenvalue weighted by molar-refractivity contribution is -0.135. The van der Waals surface area contributed by atoms with E-state index >= 15 is 0 Å². The third-order valence-electron chi connectivity index (χ3n) is 3.89. The highest BCUT2D eigenvalue weighted by atomic mass is 16.6. The first-order valence-corrected chi connectivity index (χ1v) is 7.42. The van der Waals surface area contributed by atoms with Crippen LogP contribution in [0.2, 0.25) is 0 Å². The largest absolute Gasteiger partial charge is 0.363 e. The maximum absolute atomic E-state index is 12.4. The minimum absolute atomic E-state index is 0.0644. The Labute approximate surface area is 118 Å². The molecule has 0 aromatic carbocycles. The average molecular weight is 279 g/mol. The summed E-state index contributed by atoms with van der Waals surface area (Å²) in [5.41, 5.74) is 0. The normalized spacial score (nSPS) is 26.6.